The minimum Gasteiger partial charge on any atom is -0.486 e. The van der Waals surface area contributed by atoms with Crippen LogP contribution in [0.3, 0.4) is 0 Å². The van der Waals surface area contributed by atoms with Crippen LogP contribution in [0.25, 0.3) is 10.2 Å². The molecule has 0 radical (unpaired) electrons. The fraction of sp³-hybridized carbons (Fsp3) is 0.318. The lowest BCUT2D eigenvalue weighted by molar-refractivity contribution is -0.140. The minimum atomic E-state index is -3.78. The zero-order valence-corrected chi connectivity index (χ0v) is 19.8. The second-order valence-corrected chi connectivity index (χ2v) is 10.5. The van der Waals surface area contributed by atoms with E-state index in [1.165, 1.54) is 18.4 Å². The molecule has 0 aliphatic carbocycles. The van der Waals surface area contributed by atoms with Crippen molar-refractivity contribution in [2.75, 3.05) is 26.1 Å². The molecule has 0 atom stereocenters. The summed E-state index contributed by atoms with van der Waals surface area (Å²) < 4.78 is 56.4. The van der Waals surface area contributed by atoms with Crippen molar-refractivity contribution in [3.63, 3.8) is 0 Å². The third-order valence-corrected chi connectivity index (χ3v) is 7.86. The molecule has 4 rings (SSSR count). The molecule has 2 aromatic carbocycles. The van der Waals surface area contributed by atoms with Gasteiger partial charge in [0, 0.05) is 25.1 Å². The Labute approximate surface area is 198 Å². The van der Waals surface area contributed by atoms with E-state index in [1.807, 2.05) is 0 Å². The van der Waals surface area contributed by atoms with E-state index < -0.39 is 33.3 Å². The van der Waals surface area contributed by atoms with Gasteiger partial charge in [-0.15, -0.1) is 0 Å². The van der Waals surface area contributed by atoms with E-state index >= 15 is 0 Å². The fourth-order valence-corrected chi connectivity index (χ4v) is 5.67. The largest absolute Gasteiger partial charge is 0.486 e. The zero-order valence-electron chi connectivity index (χ0n) is 18.2. The molecule has 0 fully saturated rings. The quantitative estimate of drug-likeness (QED) is 0.356. The van der Waals surface area contributed by atoms with Crippen LogP contribution >= 0.6 is 11.3 Å². The summed E-state index contributed by atoms with van der Waals surface area (Å²) in [6.45, 7) is 1.03. The number of hydrogen-bond acceptors (Lipinski definition) is 8. The highest BCUT2D eigenvalue weighted by molar-refractivity contribution is 7.91. The van der Waals surface area contributed by atoms with Gasteiger partial charge in [0.15, 0.2) is 26.1 Å². The summed E-state index contributed by atoms with van der Waals surface area (Å²) in [4.78, 5) is 28.7. The van der Waals surface area contributed by atoms with Crippen molar-refractivity contribution in [1.29, 1.82) is 0 Å². The average molecular weight is 509 g/mol. The monoisotopic (exact) mass is 508 g/mol. The van der Waals surface area contributed by atoms with E-state index in [9.17, 15) is 22.4 Å². The van der Waals surface area contributed by atoms with Gasteiger partial charge in [0.2, 0.25) is 5.91 Å². The highest BCUT2D eigenvalue weighted by Crippen LogP contribution is 2.35. The molecule has 1 aromatic heterocycles. The number of nitrogens with zero attached hydrogens (tertiary/aromatic N) is 2. The Hall–Kier alpha value is -3.25. The number of benzene rings is 2. The lowest BCUT2D eigenvalue weighted by Crippen LogP contribution is -2.20. The number of rotatable bonds is 7. The van der Waals surface area contributed by atoms with Gasteiger partial charge in [0.05, 0.1) is 34.4 Å². The van der Waals surface area contributed by atoms with Crippen molar-refractivity contribution in [2.24, 2.45) is 4.99 Å². The molecule has 34 heavy (non-hydrogen) atoms. The minimum absolute atomic E-state index is 0.0527. The van der Waals surface area contributed by atoms with Crippen molar-refractivity contribution < 1.29 is 36.6 Å². The first-order valence-corrected chi connectivity index (χ1v) is 12.8. The SMILES string of the molecule is COC(=O)CCn1c(=NC(=O)CCS(=O)(=O)c2ccc(F)cc2)sc2cc3c(cc21)OCCO3. The molecule has 0 N–H and O–H groups in total. The molecule has 9 nitrogen and oxygen atoms in total. The summed E-state index contributed by atoms with van der Waals surface area (Å²) in [5.74, 6) is -0.962. The third-order valence-electron chi connectivity index (χ3n) is 5.09. The van der Waals surface area contributed by atoms with Gasteiger partial charge in [-0.2, -0.15) is 4.99 Å². The Bertz CT molecular complexity index is 1410. The first kappa shape index (κ1) is 23.9. The van der Waals surface area contributed by atoms with E-state index in [2.05, 4.69) is 4.99 Å². The predicted molar refractivity (Wildman–Crippen MR) is 121 cm³/mol. The first-order chi connectivity index (χ1) is 16.3. The Morgan fingerprint density at radius 1 is 1.12 bits per heavy atom. The summed E-state index contributed by atoms with van der Waals surface area (Å²) >= 11 is 1.21. The third kappa shape index (κ3) is 5.28. The van der Waals surface area contributed by atoms with Crippen LogP contribution in [0.5, 0.6) is 11.5 Å². The predicted octanol–water partition coefficient (Wildman–Crippen LogP) is 2.47. The normalized spacial score (nSPS) is 13.8. The molecule has 2 heterocycles. The number of hydrogen-bond donors (Lipinski definition) is 0. The lowest BCUT2D eigenvalue weighted by Gasteiger charge is -2.18. The molecule has 180 valence electrons. The molecule has 0 saturated heterocycles. The van der Waals surface area contributed by atoms with Crippen LogP contribution in [0.15, 0.2) is 46.3 Å². The molecular formula is C22H21FN2O7S2. The van der Waals surface area contributed by atoms with Crippen molar-refractivity contribution in [3.8, 4) is 11.5 Å². The van der Waals surface area contributed by atoms with Crippen molar-refractivity contribution in [2.45, 2.75) is 24.3 Å². The molecule has 12 heteroatoms. The topological polar surface area (TPSA) is 113 Å². The van der Waals surface area contributed by atoms with Gasteiger partial charge in [-0.05, 0) is 24.3 Å². The number of ether oxygens (including phenoxy) is 3. The standard InChI is InChI=1S/C22H21FN2O7S2/c1-30-21(27)6-8-25-16-12-17-18(32-10-9-31-17)13-19(16)33-22(25)24-20(26)7-11-34(28,29)15-4-2-14(23)3-5-15/h2-5,12-13H,6-11H2,1H3. The molecule has 3 aromatic rings. The lowest BCUT2D eigenvalue weighted by atomic mass is 10.2. The van der Waals surface area contributed by atoms with Crippen LogP contribution in [0.4, 0.5) is 4.39 Å². The molecule has 0 bridgehead atoms. The van der Waals surface area contributed by atoms with Crippen LogP contribution in [0.2, 0.25) is 0 Å². The molecule has 0 unspecified atom stereocenters. The Morgan fingerprint density at radius 3 is 2.47 bits per heavy atom. The second kappa shape index (κ2) is 9.94. The van der Waals surface area contributed by atoms with Gasteiger partial charge >= 0.3 is 5.97 Å². The van der Waals surface area contributed by atoms with Crippen LogP contribution < -0.4 is 14.3 Å². The first-order valence-electron chi connectivity index (χ1n) is 10.3. The fourth-order valence-electron chi connectivity index (χ4n) is 3.36. The maximum absolute atomic E-state index is 13.1. The highest BCUT2D eigenvalue weighted by atomic mass is 32.2. The van der Waals surface area contributed by atoms with E-state index in [4.69, 9.17) is 14.2 Å². The summed E-state index contributed by atoms with van der Waals surface area (Å²) in [5.41, 5.74) is 0.698. The van der Waals surface area contributed by atoms with E-state index in [0.717, 1.165) is 29.0 Å². The Balaban J connectivity index is 1.63. The number of fused-ring (bicyclic) bond motifs is 2. The number of aromatic nitrogens is 1. The van der Waals surface area contributed by atoms with Gasteiger partial charge in [-0.25, -0.2) is 12.8 Å². The number of thiazole rings is 1. The number of amides is 1. The van der Waals surface area contributed by atoms with Crippen molar-refractivity contribution in [3.05, 3.63) is 47.0 Å². The van der Waals surface area contributed by atoms with Gasteiger partial charge in [-0.3, -0.25) is 9.59 Å². The van der Waals surface area contributed by atoms with E-state index in [-0.39, 0.29) is 24.3 Å². The van der Waals surface area contributed by atoms with Crippen LogP contribution in [0, 0.1) is 5.82 Å². The second-order valence-electron chi connectivity index (χ2n) is 7.35. The number of halogens is 1. The molecule has 0 spiro atoms. The summed E-state index contributed by atoms with van der Waals surface area (Å²) in [7, 11) is -2.49. The highest BCUT2D eigenvalue weighted by Gasteiger charge is 2.19. The summed E-state index contributed by atoms with van der Waals surface area (Å²) in [5, 5.41) is 0. The maximum atomic E-state index is 13.1. The van der Waals surface area contributed by atoms with Crippen LogP contribution in [-0.4, -0.2) is 50.9 Å². The van der Waals surface area contributed by atoms with Crippen molar-refractivity contribution in [1.82, 2.24) is 4.57 Å². The number of esters is 1. The smallest absolute Gasteiger partial charge is 0.307 e. The van der Waals surface area contributed by atoms with Crippen LogP contribution in [0.1, 0.15) is 12.8 Å². The zero-order chi connectivity index (χ0) is 24.3. The van der Waals surface area contributed by atoms with Gasteiger partial charge in [-0.1, -0.05) is 11.3 Å². The molecule has 1 aliphatic rings. The van der Waals surface area contributed by atoms with E-state index in [0.29, 0.717) is 35.0 Å². The number of sulfone groups is 1. The Kier molecular flexibility index (Phi) is 6.98. The molecule has 1 amide bonds. The molecule has 0 saturated carbocycles. The molecule has 1 aliphatic heterocycles. The van der Waals surface area contributed by atoms with Crippen LogP contribution in [-0.2, 0) is 30.7 Å². The number of carbonyl (C=O) groups is 2. The molecular weight excluding hydrogens is 487 g/mol. The van der Waals surface area contributed by atoms with Gasteiger partial charge in [0.25, 0.3) is 0 Å². The number of aryl methyl sites for hydroxylation is 1. The maximum Gasteiger partial charge on any atom is 0.307 e. The Morgan fingerprint density at radius 2 is 1.79 bits per heavy atom. The summed E-state index contributed by atoms with van der Waals surface area (Å²) in [6.07, 6.45) is -0.301. The van der Waals surface area contributed by atoms with Gasteiger partial charge in [0.1, 0.15) is 19.0 Å². The number of methoxy groups -OCH3 is 1. The van der Waals surface area contributed by atoms with Crippen molar-refractivity contribution >= 4 is 43.3 Å². The van der Waals surface area contributed by atoms with Gasteiger partial charge < -0.3 is 18.8 Å². The average Bonchev–Trinajstić information content (AvgIpc) is 3.15. The summed E-state index contributed by atoms with van der Waals surface area (Å²) in [6, 6.07) is 7.96. The van der Waals surface area contributed by atoms with E-state index in [1.54, 1.807) is 16.7 Å². The number of carbonyl (C=O) groups excluding carboxylic acids is 2.